The molecule has 1 nitrogen and oxygen atoms in total. The van der Waals surface area contributed by atoms with Crippen molar-refractivity contribution in [2.75, 3.05) is 4.90 Å². The van der Waals surface area contributed by atoms with Gasteiger partial charge in [-0.2, -0.15) is 0 Å². The van der Waals surface area contributed by atoms with E-state index in [-0.39, 0.29) is 0 Å². The van der Waals surface area contributed by atoms with Crippen LogP contribution in [-0.2, 0) is 0 Å². The molecule has 0 saturated carbocycles. The first kappa shape index (κ1) is 26.7. The van der Waals surface area contributed by atoms with Crippen molar-refractivity contribution in [1.29, 1.82) is 0 Å². The van der Waals surface area contributed by atoms with E-state index in [1.165, 1.54) is 54.9 Å². The molecule has 0 spiro atoms. The van der Waals surface area contributed by atoms with Crippen molar-refractivity contribution in [2.24, 2.45) is 0 Å². The van der Waals surface area contributed by atoms with Crippen LogP contribution in [0.4, 0.5) is 17.1 Å². The monoisotopic (exact) mass is 573 g/mol. The Hall–Kier alpha value is -5.92. The molecule has 0 unspecified atom stereocenters. The Bertz CT molecular complexity index is 2280. The van der Waals surface area contributed by atoms with Gasteiger partial charge in [-0.1, -0.05) is 152 Å². The molecule has 8 aromatic carbocycles. The van der Waals surface area contributed by atoms with E-state index < -0.39 is 0 Å². The Kier molecular flexibility index (Phi) is 6.90. The third-order valence-corrected chi connectivity index (χ3v) is 8.62. The quantitative estimate of drug-likeness (QED) is 0.191. The number of rotatable bonds is 6. The lowest BCUT2D eigenvalue weighted by molar-refractivity contribution is 1.30. The average Bonchev–Trinajstić information content (AvgIpc) is 3.12. The summed E-state index contributed by atoms with van der Waals surface area (Å²) in [7, 11) is 0. The fourth-order valence-corrected chi connectivity index (χ4v) is 6.44. The van der Waals surface area contributed by atoms with Crippen LogP contribution in [0.25, 0.3) is 54.9 Å². The number of benzene rings is 8. The minimum absolute atomic E-state index is 1.11. The smallest absolute Gasteiger partial charge is 0.0540 e. The summed E-state index contributed by atoms with van der Waals surface area (Å²) in [6, 6.07) is 67.7. The lowest BCUT2D eigenvalue weighted by Crippen LogP contribution is -2.10. The second-order valence-electron chi connectivity index (χ2n) is 11.4. The van der Waals surface area contributed by atoms with E-state index in [1.54, 1.807) is 0 Å². The number of nitrogens with zero attached hydrogens (tertiary/aromatic N) is 1. The maximum atomic E-state index is 2.40. The Labute approximate surface area is 264 Å². The van der Waals surface area contributed by atoms with Crippen molar-refractivity contribution in [3.05, 3.63) is 188 Å². The molecule has 45 heavy (non-hydrogen) atoms. The van der Waals surface area contributed by atoms with E-state index in [1.807, 2.05) is 0 Å². The highest BCUT2D eigenvalue weighted by atomic mass is 15.1. The van der Waals surface area contributed by atoms with E-state index >= 15 is 0 Å². The predicted molar refractivity (Wildman–Crippen MR) is 192 cm³/mol. The van der Waals surface area contributed by atoms with Crippen molar-refractivity contribution in [2.45, 2.75) is 0 Å². The van der Waals surface area contributed by atoms with E-state index in [0.29, 0.717) is 0 Å². The third kappa shape index (κ3) is 5.15. The molecule has 0 aliphatic heterocycles. The van der Waals surface area contributed by atoms with Crippen molar-refractivity contribution in [1.82, 2.24) is 0 Å². The van der Waals surface area contributed by atoms with Gasteiger partial charge in [0.2, 0.25) is 0 Å². The van der Waals surface area contributed by atoms with Crippen LogP contribution in [0.2, 0.25) is 0 Å². The molecule has 1 heteroatoms. The average molecular weight is 574 g/mol. The third-order valence-electron chi connectivity index (χ3n) is 8.62. The molecule has 0 bridgehead atoms. The van der Waals surface area contributed by atoms with Crippen LogP contribution in [0.3, 0.4) is 0 Å². The Morgan fingerprint density at radius 1 is 0.289 bits per heavy atom. The predicted octanol–water partition coefficient (Wildman–Crippen LogP) is 12.5. The number of anilines is 3. The molecule has 0 amide bonds. The molecule has 0 radical (unpaired) electrons. The fourth-order valence-electron chi connectivity index (χ4n) is 6.44. The van der Waals surface area contributed by atoms with E-state index in [2.05, 4.69) is 193 Å². The van der Waals surface area contributed by atoms with Gasteiger partial charge < -0.3 is 4.90 Å². The van der Waals surface area contributed by atoms with Crippen LogP contribution < -0.4 is 4.90 Å². The maximum Gasteiger partial charge on any atom is 0.0540 e. The second kappa shape index (κ2) is 11.6. The summed E-state index contributed by atoms with van der Waals surface area (Å²) < 4.78 is 0. The zero-order valence-electron chi connectivity index (χ0n) is 24.8. The van der Waals surface area contributed by atoms with Gasteiger partial charge in [0.25, 0.3) is 0 Å². The van der Waals surface area contributed by atoms with Crippen LogP contribution in [0.15, 0.2) is 188 Å². The maximum absolute atomic E-state index is 2.40. The van der Waals surface area contributed by atoms with Crippen LogP contribution in [-0.4, -0.2) is 0 Å². The molecular weight excluding hydrogens is 542 g/mol. The molecule has 0 N–H and O–H groups in total. The van der Waals surface area contributed by atoms with Crippen LogP contribution in [0.1, 0.15) is 0 Å². The highest BCUT2D eigenvalue weighted by molar-refractivity contribution is 6.00. The van der Waals surface area contributed by atoms with Gasteiger partial charge in [0.1, 0.15) is 0 Å². The summed E-state index contributed by atoms with van der Waals surface area (Å²) in [4.78, 5) is 2.40. The minimum atomic E-state index is 1.11. The van der Waals surface area contributed by atoms with Gasteiger partial charge in [-0.25, -0.2) is 0 Å². The highest BCUT2D eigenvalue weighted by Gasteiger charge is 2.17. The Morgan fingerprint density at radius 3 is 1.62 bits per heavy atom. The van der Waals surface area contributed by atoms with Gasteiger partial charge in [-0.15, -0.1) is 0 Å². The molecule has 212 valence electrons. The van der Waals surface area contributed by atoms with Crippen LogP contribution in [0.5, 0.6) is 0 Å². The minimum Gasteiger partial charge on any atom is -0.310 e. The molecule has 0 heterocycles. The van der Waals surface area contributed by atoms with Crippen molar-refractivity contribution >= 4 is 38.6 Å². The summed E-state index contributed by atoms with van der Waals surface area (Å²) in [6.45, 7) is 0. The van der Waals surface area contributed by atoms with Crippen LogP contribution in [0, 0.1) is 0 Å². The van der Waals surface area contributed by atoms with E-state index in [0.717, 1.165) is 17.1 Å². The number of fused-ring (bicyclic) bond motifs is 2. The van der Waals surface area contributed by atoms with Gasteiger partial charge in [0.05, 0.1) is 5.69 Å². The standard InChI is InChI=1S/C44H31N/c1-2-14-33(15-3-1)41-23-8-9-24-42(41)38-20-11-22-40(31-38)45(44-26-12-18-34-16-6-7-25-43(34)44)39-21-10-19-36(30-39)37-28-27-32-13-4-5-17-35(32)29-37/h1-31H. The molecule has 8 rings (SSSR count). The Morgan fingerprint density at radius 2 is 0.822 bits per heavy atom. The molecule has 0 aromatic heterocycles. The first-order valence-electron chi connectivity index (χ1n) is 15.4. The summed E-state index contributed by atoms with van der Waals surface area (Å²) in [5, 5.41) is 4.93. The van der Waals surface area contributed by atoms with Gasteiger partial charge in [-0.3, -0.25) is 0 Å². The first-order valence-corrected chi connectivity index (χ1v) is 15.4. The molecule has 0 saturated heterocycles. The van der Waals surface area contributed by atoms with Gasteiger partial charge >= 0.3 is 0 Å². The van der Waals surface area contributed by atoms with Gasteiger partial charge in [0.15, 0.2) is 0 Å². The first-order chi connectivity index (χ1) is 22.3. The number of hydrogen-bond acceptors (Lipinski definition) is 1. The lowest BCUT2D eigenvalue weighted by atomic mass is 9.94. The topological polar surface area (TPSA) is 3.24 Å². The zero-order chi connectivity index (χ0) is 30.0. The van der Waals surface area contributed by atoms with Gasteiger partial charge in [0, 0.05) is 16.8 Å². The normalized spacial score (nSPS) is 11.1. The lowest BCUT2D eigenvalue weighted by Gasteiger charge is -2.28. The fraction of sp³-hybridized carbons (Fsp3) is 0. The number of hydrogen-bond donors (Lipinski definition) is 0. The Balaban J connectivity index is 1.31. The van der Waals surface area contributed by atoms with E-state index in [4.69, 9.17) is 0 Å². The second-order valence-corrected chi connectivity index (χ2v) is 11.4. The molecule has 0 aliphatic rings. The van der Waals surface area contributed by atoms with Gasteiger partial charge in [-0.05, 0) is 85.9 Å². The summed E-state index contributed by atoms with van der Waals surface area (Å²) >= 11 is 0. The molecule has 0 atom stereocenters. The summed E-state index contributed by atoms with van der Waals surface area (Å²) in [6.07, 6.45) is 0. The zero-order valence-corrected chi connectivity index (χ0v) is 24.8. The van der Waals surface area contributed by atoms with E-state index in [9.17, 15) is 0 Å². The van der Waals surface area contributed by atoms with Crippen molar-refractivity contribution in [3.8, 4) is 33.4 Å². The molecule has 0 fully saturated rings. The molecule has 0 aliphatic carbocycles. The summed E-state index contributed by atoms with van der Waals surface area (Å²) in [5.41, 5.74) is 10.6. The molecule has 8 aromatic rings. The summed E-state index contributed by atoms with van der Waals surface area (Å²) in [5.74, 6) is 0. The largest absolute Gasteiger partial charge is 0.310 e. The van der Waals surface area contributed by atoms with Crippen LogP contribution >= 0.6 is 0 Å². The highest BCUT2D eigenvalue weighted by Crippen LogP contribution is 2.42. The SMILES string of the molecule is c1ccc(-c2ccccc2-c2cccc(N(c3cccc(-c4ccc5ccccc5c4)c3)c3cccc4ccccc34)c2)cc1. The molecular formula is C44H31N. The van der Waals surface area contributed by atoms with Crippen molar-refractivity contribution in [3.63, 3.8) is 0 Å². The van der Waals surface area contributed by atoms with Crippen molar-refractivity contribution < 1.29 is 0 Å².